The third-order valence-electron chi connectivity index (χ3n) is 5.26. The van der Waals surface area contributed by atoms with Gasteiger partial charge in [-0.2, -0.15) is 0 Å². The third kappa shape index (κ3) is 6.26. The van der Waals surface area contributed by atoms with Crippen LogP contribution in [0.3, 0.4) is 0 Å². The van der Waals surface area contributed by atoms with E-state index in [2.05, 4.69) is 0 Å². The van der Waals surface area contributed by atoms with Crippen molar-refractivity contribution < 1.29 is 14.0 Å². The van der Waals surface area contributed by atoms with E-state index in [0.717, 1.165) is 22.4 Å². The van der Waals surface area contributed by atoms with Crippen molar-refractivity contribution >= 4 is 23.2 Å². The molecule has 0 fully saturated rings. The molecule has 0 spiro atoms. The van der Waals surface area contributed by atoms with Crippen LogP contribution >= 0.6 is 11.3 Å². The number of hydrogen-bond acceptors (Lipinski definition) is 3. The van der Waals surface area contributed by atoms with Crippen LogP contribution in [0.4, 0.5) is 4.39 Å². The highest BCUT2D eigenvalue weighted by molar-refractivity contribution is 7.11. The fourth-order valence-electron chi connectivity index (χ4n) is 3.57. The highest BCUT2D eigenvalue weighted by Crippen LogP contribution is 2.20. The molecule has 0 aliphatic rings. The van der Waals surface area contributed by atoms with Crippen molar-refractivity contribution in [3.63, 3.8) is 0 Å². The topological polar surface area (TPSA) is 40.6 Å². The average molecular weight is 453 g/mol. The van der Waals surface area contributed by atoms with Crippen LogP contribution in [0, 0.1) is 19.7 Å². The van der Waals surface area contributed by atoms with Crippen molar-refractivity contribution in [2.24, 2.45) is 0 Å². The minimum absolute atomic E-state index is 0.00651. The molecule has 168 valence electrons. The van der Waals surface area contributed by atoms with E-state index in [1.807, 2.05) is 51.1 Å². The van der Waals surface area contributed by atoms with Crippen LogP contribution in [0.2, 0.25) is 0 Å². The van der Waals surface area contributed by atoms with Crippen LogP contribution in [0.15, 0.2) is 60.7 Å². The summed E-state index contributed by atoms with van der Waals surface area (Å²) in [6, 6.07) is 17.7. The summed E-state index contributed by atoms with van der Waals surface area (Å²) in [6.07, 6.45) is 0.757. The maximum absolute atomic E-state index is 13.4. The quantitative estimate of drug-likeness (QED) is 0.425. The molecular formula is C26H29FN2O2S. The number of hydrogen-bond donors (Lipinski definition) is 0. The number of halogens is 1. The maximum Gasteiger partial charge on any atom is 0.254 e. The normalized spacial score (nSPS) is 10.8. The van der Waals surface area contributed by atoms with Gasteiger partial charge in [-0.1, -0.05) is 37.3 Å². The number of carbonyl (C=O) groups excluding carboxylic acids is 2. The summed E-state index contributed by atoms with van der Waals surface area (Å²) in [5, 5.41) is 0. The zero-order chi connectivity index (χ0) is 23.1. The second-order valence-electron chi connectivity index (χ2n) is 7.93. The number of rotatable bonds is 9. The molecular weight excluding hydrogens is 423 g/mol. The minimum Gasteiger partial charge on any atom is -0.332 e. The Bertz CT molecular complexity index is 1060. The van der Waals surface area contributed by atoms with Crippen molar-refractivity contribution in [1.82, 2.24) is 9.80 Å². The highest BCUT2D eigenvalue weighted by atomic mass is 32.1. The molecule has 1 heterocycles. The van der Waals surface area contributed by atoms with Crippen LogP contribution in [0.1, 0.15) is 44.6 Å². The van der Waals surface area contributed by atoms with Crippen LogP contribution in [-0.2, 0) is 17.9 Å². The molecule has 3 rings (SSSR count). The summed E-state index contributed by atoms with van der Waals surface area (Å²) < 4.78 is 13.3. The summed E-state index contributed by atoms with van der Waals surface area (Å²) in [5.41, 5.74) is 2.36. The number of carbonyl (C=O) groups is 2. The Morgan fingerprint density at radius 2 is 1.62 bits per heavy atom. The molecule has 0 aliphatic carbocycles. The summed E-state index contributed by atoms with van der Waals surface area (Å²) in [7, 11) is 0. The van der Waals surface area contributed by atoms with Gasteiger partial charge in [-0.05, 0) is 61.7 Å². The molecule has 0 atom stereocenters. The van der Waals surface area contributed by atoms with Crippen molar-refractivity contribution in [2.45, 2.75) is 40.3 Å². The SMILES string of the molecule is CCCN(CC(=O)N(Cc1ccc(F)cc1)Cc1ccc(C)s1)C(=O)c1ccccc1C. The summed E-state index contributed by atoms with van der Waals surface area (Å²) in [4.78, 5) is 32.2. The molecule has 0 aliphatic heterocycles. The molecule has 0 saturated heterocycles. The van der Waals surface area contributed by atoms with Gasteiger partial charge in [0.2, 0.25) is 5.91 Å². The van der Waals surface area contributed by atoms with Gasteiger partial charge in [-0.3, -0.25) is 9.59 Å². The van der Waals surface area contributed by atoms with E-state index in [0.29, 0.717) is 25.2 Å². The Morgan fingerprint density at radius 1 is 0.906 bits per heavy atom. The van der Waals surface area contributed by atoms with Crippen molar-refractivity contribution in [1.29, 1.82) is 0 Å². The standard InChI is InChI=1S/C26H29FN2O2S/c1-4-15-28(26(31)24-8-6-5-7-19(24)2)18-25(30)29(17-23-14-9-20(3)32-23)16-21-10-12-22(27)13-11-21/h5-14H,4,15-18H2,1-3H3. The molecule has 2 aromatic carbocycles. The molecule has 0 bridgehead atoms. The van der Waals surface area contributed by atoms with Crippen LogP contribution in [0.5, 0.6) is 0 Å². The van der Waals surface area contributed by atoms with E-state index < -0.39 is 0 Å². The van der Waals surface area contributed by atoms with Gasteiger partial charge in [0, 0.05) is 28.4 Å². The minimum atomic E-state index is -0.307. The lowest BCUT2D eigenvalue weighted by molar-refractivity contribution is -0.133. The first kappa shape index (κ1) is 23.7. The summed E-state index contributed by atoms with van der Waals surface area (Å²) >= 11 is 1.65. The predicted molar refractivity (Wildman–Crippen MR) is 127 cm³/mol. The van der Waals surface area contributed by atoms with Crippen molar-refractivity contribution in [2.75, 3.05) is 13.1 Å². The molecule has 3 aromatic rings. The number of nitrogens with zero attached hydrogens (tertiary/aromatic N) is 2. The first-order chi connectivity index (χ1) is 15.4. The van der Waals surface area contributed by atoms with Crippen LogP contribution in [-0.4, -0.2) is 34.7 Å². The van der Waals surface area contributed by atoms with Gasteiger partial charge >= 0.3 is 0 Å². The van der Waals surface area contributed by atoms with Gasteiger partial charge in [0.05, 0.1) is 6.54 Å². The Balaban J connectivity index is 1.81. The van der Waals surface area contributed by atoms with Gasteiger partial charge in [-0.25, -0.2) is 4.39 Å². The number of thiophene rings is 1. The van der Waals surface area contributed by atoms with Gasteiger partial charge < -0.3 is 9.80 Å². The summed E-state index contributed by atoms with van der Waals surface area (Å²) in [6.45, 7) is 7.24. The van der Waals surface area contributed by atoms with E-state index in [4.69, 9.17) is 0 Å². The lowest BCUT2D eigenvalue weighted by Gasteiger charge is -2.28. The van der Waals surface area contributed by atoms with Crippen molar-refractivity contribution in [3.05, 3.63) is 92.9 Å². The van der Waals surface area contributed by atoms with Crippen molar-refractivity contribution in [3.8, 4) is 0 Å². The molecule has 0 saturated carbocycles. The smallest absolute Gasteiger partial charge is 0.254 e. The van der Waals surface area contributed by atoms with Gasteiger partial charge in [0.25, 0.3) is 5.91 Å². The molecule has 0 unspecified atom stereocenters. The van der Waals surface area contributed by atoms with E-state index in [9.17, 15) is 14.0 Å². The second-order valence-corrected chi connectivity index (χ2v) is 9.30. The van der Waals surface area contributed by atoms with E-state index in [-0.39, 0.29) is 24.2 Å². The Labute approximate surface area is 193 Å². The molecule has 1 aromatic heterocycles. The first-order valence-electron chi connectivity index (χ1n) is 10.8. The molecule has 6 heteroatoms. The Kier molecular flexibility index (Phi) is 8.17. The first-order valence-corrected chi connectivity index (χ1v) is 11.6. The largest absolute Gasteiger partial charge is 0.332 e. The van der Waals surface area contributed by atoms with E-state index in [1.165, 1.54) is 17.0 Å². The Hall–Kier alpha value is -2.99. The molecule has 32 heavy (non-hydrogen) atoms. The highest BCUT2D eigenvalue weighted by Gasteiger charge is 2.23. The van der Waals surface area contributed by atoms with Gasteiger partial charge in [0.15, 0.2) is 0 Å². The fourth-order valence-corrected chi connectivity index (χ4v) is 4.48. The van der Waals surface area contributed by atoms with Crippen LogP contribution in [0.25, 0.3) is 0 Å². The number of aryl methyl sites for hydroxylation is 2. The van der Waals surface area contributed by atoms with Gasteiger partial charge in [0.1, 0.15) is 12.4 Å². The molecule has 2 amide bonds. The van der Waals surface area contributed by atoms with E-state index >= 15 is 0 Å². The maximum atomic E-state index is 13.4. The second kappa shape index (κ2) is 11.0. The molecule has 4 nitrogen and oxygen atoms in total. The van der Waals surface area contributed by atoms with Gasteiger partial charge in [-0.15, -0.1) is 11.3 Å². The van der Waals surface area contributed by atoms with E-state index in [1.54, 1.807) is 39.3 Å². The number of amides is 2. The Morgan fingerprint density at radius 3 is 2.25 bits per heavy atom. The average Bonchev–Trinajstić information content (AvgIpc) is 3.19. The fraction of sp³-hybridized carbons (Fsp3) is 0.308. The number of benzene rings is 2. The molecule has 0 N–H and O–H groups in total. The van der Waals surface area contributed by atoms with Crippen LogP contribution < -0.4 is 0 Å². The summed E-state index contributed by atoms with van der Waals surface area (Å²) in [5.74, 6) is -0.568. The predicted octanol–water partition coefficient (Wildman–Crippen LogP) is 5.59. The monoisotopic (exact) mass is 452 g/mol. The lowest BCUT2D eigenvalue weighted by atomic mass is 10.1. The lowest BCUT2D eigenvalue weighted by Crippen LogP contribution is -2.43. The third-order valence-corrected chi connectivity index (χ3v) is 6.25. The zero-order valence-corrected chi connectivity index (χ0v) is 19.6. The zero-order valence-electron chi connectivity index (χ0n) is 18.8. The molecule has 0 radical (unpaired) electrons.